The van der Waals surface area contributed by atoms with Gasteiger partial charge in [0.2, 0.25) is 0 Å². The van der Waals surface area contributed by atoms with Gasteiger partial charge in [0.05, 0.1) is 17.3 Å². The van der Waals surface area contributed by atoms with Crippen molar-refractivity contribution in [2.24, 2.45) is 0 Å². The van der Waals surface area contributed by atoms with Crippen molar-refractivity contribution in [3.63, 3.8) is 0 Å². The lowest BCUT2D eigenvalue weighted by Crippen LogP contribution is -2.27. The van der Waals surface area contributed by atoms with Crippen LogP contribution in [-0.2, 0) is 0 Å². The maximum atomic E-state index is 12.7. The lowest BCUT2D eigenvalue weighted by atomic mass is 10.1. The van der Waals surface area contributed by atoms with Crippen molar-refractivity contribution in [3.8, 4) is 0 Å². The molecule has 0 bridgehead atoms. The lowest BCUT2D eigenvalue weighted by Gasteiger charge is -2.14. The van der Waals surface area contributed by atoms with Gasteiger partial charge < -0.3 is 15.1 Å². The number of furan rings is 1. The molecule has 0 aliphatic heterocycles. The number of hydrogen-bond donors (Lipinski definition) is 2. The number of carbonyl (C=O) groups excluding carboxylic acids is 2. The number of para-hydroxylation sites is 1. The highest BCUT2D eigenvalue weighted by atomic mass is 16.3. The number of nitrogens with one attached hydrogen (secondary N) is 2. The van der Waals surface area contributed by atoms with Gasteiger partial charge in [-0.1, -0.05) is 30.3 Å². The largest absolute Gasteiger partial charge is 0.464 e. The average molecular weight is 348 g/mol. The van der Waals surface area contributed by atoms with Crippen molar-refractivity contribution in [1.82, 2.24) is 5.32 Å². The van der Waals surface area contributed by atoms with Crippen LogP contribution in [0.1, 0.15) is 45.2 Å². The van der Waals surface area contributed by atoms with Crippen molar-refractivity contribution in [2.75, 3.05) is 5.32 Å². The molecule has 0 aliphatic rings. The van der Waals surface area contributed by atoms with Crippen LogP contribution in [0.2, 0.25) is 0 Å². The average Bonchev–Trinajstić information content (AvgIpc) is 3.09. The van der Waals surface area contributed by atoms with Crippen LogP contribution in [0.25, 0.3) is 0 Å². The minimum atomic E-state index is -0.283. The van der Waals surface area contributed by atoms with Crippen molar-refractivity contribution in [3.05, 3.63) is 89.4 Å². The summed E-state index contributed by atoms with van der Waals surface area (Å²) >= 11 is 0. The number of hydrogen-bond acceptors (Lipinski definition) is 3. The molecule has 26 heavy (non-hydrogen) atoms. The Morgan fingerprint density at radius 3 is 2.27 bits per heavy atom. The molecule has 0 aliphatic carbocycles. The van der Waals surface area contributed by atoms with Gasteiger partial charge >= 0.3 is 0 Å². The van der Waals surface area contributed by atoms with Crippen molar-refractivity contribution >= 4 is 17.5 Å². The van der Waals surface area contributed by atoms with E-state index in [4.69, 9.17) is 4.42 Å². The molecule has 3 aromatic rings. The van der Waals surface area contributed by atoms with Gasteiger partial charge in [-0.15, -0.1) is 0 Å². The van der Waals surface area contributed by atoms with E-state index in [1.165, 1.54) is 0 Å². The maximum Gasteiger partial charge on any atom is 0.255 e. The van der Waals surface area contributed by atoms with E-state index in [1.54, 1.807) is 48.5 Å². The zero-order valence-electron chi connectivity index (χ0n) is 14.7. The van der Waals surface area contributed by atoms with E-state index in [9.17, 15) is 9.59 Å². The lowest BCUT2D eigenvalue weighted by molar-refractivity contribution is 0.0936. The van der Waals surface area contributed by atoms with Crippen LogP contribution in [0.4, 0.5) is 5.69 Å². The second-order valence-electron chi connectivity index (χ2n) is 6.01. The molecule has 1 heterocycles. The van der Waals surface area contributed by atoms with Gasteiger partial charge in [0.25, 0.3) is 11.8 Å². The third kappa shape index (κ3) is 4.00. The Balaban J connectivity index is 1.76. The fourth-order valence-electron chi connectivity index (χ4n) is 2.61. The summed E-state index contributed by atoms with van der Waals surface area (Å²) in [6, 6.07) is 19.2. The minimum Gasteiger partial charge on any atom is -0.464 e. The second kappa shape index (κ2) is 7.70. The predicted octanol–water partition coefficient (Wildman–Crippen LogP) is 4.33. The van der Waals surface area contributed by atoms with E-state index < -0.39 is 0 Å². The van der Waals surface area contributed by atoms with Crippen LogP contribution in [0.15, 0.2) is 71.1 Å². The summed E-state index contributed by atoms with van der Waals surface area (Å²) in [6.45, 7) is 3.70. The van der Waals surface area contributed by atoms with Gasteiger partial charge in [-0.25, -0.2) is 0 Å². The van der Waals surface area contributed by atoms with E-state index in [0.717, 1.165) is 5.76 Å². The Bertz CT molecular complexity index is 916. The first-order chi connectivity index (χ1) is 12.5. The zero-order chi connectivity index (χ0) is 18.5. The number of rotatable bonds is 5. The molecule has 2 amide bonds. The number of amides is 2. The summed E-state index contributed by atoms with van der Waals surface area (Å²) in [4.78, 5) is 25.0. The van der Waals surface area contributed by atoms with Gasteiger partial charge in [0, 0.05) is 5.56 Å². The van der Waals surface area contributed by atoms with Crippen LogP contribution in [0.3, 0.4) is 0 Å². The van der Waals surface area contributed by atoms with E-state index in [-0.39, 0.29) is 17.9 Å². The summed E-state index contributed by atoms with van der Waals surface area (Å²) in [6.07, 6.45) is 0. The van der Waals surface area contributed by atoms with E-state index in [0.29, 0.717) is 22.6 Å². The van der Waals surface area contributed by atoms with Crippen molar-refractivity contribution in [1.29, 1.82) is 0 Å². The summed E-state index contributed by atoms with van der Waals surface area (Å²) in [5.74, 6) is 0.925. The van der Waals surface area contributed by atoms with E-state index >= 15 is 0 Å². The van der Waals surface area contributed by atoms with Crippen LogP contribution in [0.5, 0.6) is 0 Å². The summed E-state index contributed by atoms with van der Waals surface area (Å²) in [7, 11) is 0. The third-order valence-corrected chi connectivity index (χ3v) is 3.99. The fourth-order valence-corrected chi connectivity index (χ4v) is 2.61. The van der Waals surface area contributed by atoms with Crippen LogP contribution in [0, 0.1) is 6.92 Å². The van der Waals surface area contributed by atoms with Gasteiger partial charge in [-0.2, -0.15) is 0 Å². The molecule has 5 heteroatoms. The molecular weight excluding hydrogens is 328 g/mol. The van der Waals surface area contributed by atoms with E-state index in [2.05, 4.69) is 10.6 Å². The molecule has 2 aromatic carbocycles. The maximum absolute atomic E-state index is 12.7. The van der Waals surface area contributed by atoms with Crippen LogP contribution >= 0.6 is 0 Å². The smallest absolute Gasteiger partial charge is 0.255 e. The molecular formula is C21H20N2O3. The summed E-state index contributed by atoms with van der Waals surface area (Å²) < 4.78 is 5.55. The Morgan fingerprint density at radius 1 is 0.885 bits per heavy atom. The quantitative estimate of drug-likeness (QED) is 0.721. The molecule has 1 atom stereocenters. The van der Waals surface area contributed by atoms with Crippen LogP contribution in [-0.4, -0.2) is 11.8 Å². The van der Waals surface area contributed by atoms with Gasteiger partial charge in [-0.3, -0.25) is 9.59 Å². The number of aryl methyl sites for hydroxylation is 1. The molecule has 0 saturated heterocycles. The Hall–Kier alpha value is -3.34. The molecule has 1 unspecified atom stereocenters. The molecule has 0 radical (unpaired) electrons. The topological polar surface area (TPSA) is 71.3 Å². The second-order valence-corrected chi connectivity index (χ2v) is 6.01. The first-order valence-corrected chi connectivity index (χ1v) is 8.37. The summed E-state index contributed by atoms with van der Waals surface area (Å²) in [5, 5.41) is 5.70. The monoisotopic (exact) mass is 348 g/mol. The zero-order valence-corrected chi connectivity index (χ0v) is 14.7. The Morgan fingerprint density at radius 2 is 1.58 bits per heavy atom. The number of anilines is 1. The molecule has 0 saturated carbocycles. The molecule has 1 aromatic heterocycles. The third-order valence-electron chi connectivity index (χ3n) is 3.99. The van der Waals surface area contributed by atoms with E-state index in [1.807, 2.05) is 32.0 Å². The van der Waals surface area contributed by atoms with Crippen molar-refractivity contribution in [2.45, 2.75) is 19.9 Å². The summed E-state index contributed by atoms with van der Waals surface area (Å²) in [5.41, 5.74) is 1.38. The first kappa shape index (κ1) is 17.5. The molecule has 3 rings (SSSR count). The molecule has 2 N–H and O–H groups in total. The predicted molar refractivity (Wildman–Crippen MR) is 100 cm³/mol. The Labute approximate surface area is 152 Å². The standard InChI is InChI=1S/C21H20N2O3/c1-14-12-13-19(26-14)15(2)22-21(25)17-10-6-7-11-18(17)23-20(24)16-8-4-3-5-9-16/h3-13,15H,1-2H3,(H,22,25)(H,23,24). The SMILES string of the molecule is Cc1ccc(C(C)NC(=O)c2ccccc2NC(=O)c2ccccc2)o1. The fraction of sp³-hybridized carbons (Fsp3) is 0.143. The highest BCUT2D eigenvalue weighted by Crippen LogP contribution is 2.20. The van der Waals surface area contributed by atoms with Gasteiger partial charge in [-0.05, 0) is 50.2 Å². The highest BCUT2D eigenvalue weighted by molar-refractivity contribution is 6.09. The minimum absolute atomic E-state index is 0.263. The highest BCUT2D eigenvalue weighted by Gasteiger charge is 2.18. The Kier molecular flexibility index (Phi) is 5.17. The number of carbonyl (C=O) groups is 2. The van der Waals surface area contributed by atoms with Crippen molar-refractivity contribution < 1.29 is 14.0 Å². The normalized spacial score (nSPS) is 11.6. The first-order valence-electron chi connectivity index (χ1n) is 8.37. The molecule has 0 spiro atoms. The number of benzene rings is 2. The molecule has 0 fully saturated rings. The van der Waals surface area contributed by atoms with Gasteiger partial charge in [0.1, 0.15) is 11.5 Å². The molecule has 132 valence electrons. The molecule has 5 nitrogen and oxygen atoms in total. The van der Waals surface area contributed by atoms with Gasteiger partial charge in [0.15, 0.2) is 0 Å². The van der Waals surface area contributed by atoms with Crippen LogP contribution < -0.4 is 10.6 Å².